The molecule has 0 bridgehead atoms. The van der Waals surface area contributed by atoms with Crippen LogP contribution in [0.15, 0.2) is 59.1 Å². The minimum Gasteiger partial charge on any atom is -0.486 e. The van der Waals surface area contributed by atoms with E-state index in [-0.39, 0.29) is 18.3 Å². The molecule has 0 radical (unpaired) electrons. The van der Waals surface area contributed by atoms with Gasteiger partial charge in [-0.1, -0.05) is 36.9 Å². The number of thioether (sulfide) groups is 1. The minimum absolute atomic E-state index is 0.0954. The van der Waals surface area contributed by atoms with Gasteiger partial charge in [0.1, 0.15) is 18.2 Å². The molecular weight excluding hydrogens is 475 g/mol. The molecule has 2 heterocycles. The second-order valence-electron chi connectivity index (χ2n) is 7.26. The van der Waals surface area contributed by atoms with Crippen LogP contribution in [0, 0.1) is 5.82 Å². The summed E-state index contributed by atoms with van der Waals surface area (Å²) >= 11 is 2.79. The first-order chi connectivity index (χ1) is 16.5. The number of rotatable bonds is 9. The summed E-state index contributed by atoms with van der Waals surface area (Å²) in [4.78, 5) is 18.8. The molecule has 2 N–H and O–H groups in total. The van der Waals surface area contributed by atoms with Gasteiger partial charge in [-0.05, 0) is 42.3 Å². The van der Waals surface area contributed by atoms with Crippen LogP contribution >= 0.6 is 23.1 Å². The number of anilines is 2. The van der Waals surface area contributed by atoms with Crippen LogP contribution in [0.4, 0.5) is 15.2 Å². The number of para-hydroxylation sites is 1. The largest absolute Gasteiger partial charge is 0.486 e. The molecule has 8 nitrogen and oxygen atoms in total. The normalized spacial score (nSPS) is 10.9. The molecule has 4 rings (SSSR count). The number of ether oxygens (including phenoxy) is 1. The van der Waals surface area contributed by atoms with E-state index < -0.39 is 0 Å². The molecule has 2 aromatic heterocycles. The van der Waals surface area contributed by atoms with Crippen LogP contribution in [0.2, 0.25) is 0 Å². The smallest absolute Gasteiger partial charge is 0.230 e. The van der Waals surface area contributed by atoms with Gasteiger partial charge in [-0.15, -0.1) is 21.5 Å². The Morgan fingerprint density at radius 1 is 1.21 bits per heavy atom. The Kier molecular flexibility index (Phi) is 7.43. The molecule has 34 heavy (non-hydrogen) atoms. The Morgan fingerprint density at radius 3 is 2.71 bits per heavy atom. The van der Waals surface area contributed by atoms with Gasteiger partial charge in [0.25, 0.3) is 0 Å². The average Bonchev–Trinajstić information content (AvgIpc) is 3.44. The third-order valence-electron chi connectivity index (χ3n) is 4.93. The second kappa shape index (κ2) is 10.7. The number of nitrogens with two attached hydrogens (primary N) is 1. The zero-order chi connectivity index (χ0) is 24.1. The maximum Gasteiger partial charge on any atom is 0.230 e. The van der Waals surface area contributed by atoms with Gasteiger partial charge in [0.05, 0.1) is 11.4 Å². The van der Waals surface area contributed by atoms with Crippen LogP contribution < -0.4 is 15.5 Å². The number of nitrogens with zero attached hydrogens (tertiary/aromatic N) is 5. The SMILES string of the molecule is CCc1ccccc1N(C(C)=O)c1nc(CSc2nnc(COc3ccc(F)cc3)n2N)cs1. The first-order valence-electron chi connectivity index (χ1n) is 10.5. The van der Waals surface area contributed by atoms with Crippen molar-refractivity contribution < 1.29 is 13.9 Å². The number of amides is 1. The highest BCUT2D eigenvalue weighted by atomic mass is 32.2. The number of halogens is 1. The summed E-state index contributed by atoms with van der Waals surface area (Å²) in [6, 6.07) is 13.5. The lowest BCUT2D eigenvalue weighted by atomic mass is 10.1. The standard InChI is InChI=1S/C23H23FN6O2S2/c1-3-16-6-4-5-7-20(16)29(15(2)31)22-26-18(13-33-22)14-34-23-28-27-21(30(23)25)12-32-19-10-8-17(24)9-11-19/h4-11,13H,3,12,14,25H2,1-2H3. The predicted octanol–water partition coefficient (Wildman–Crippen LogP) is 4.71. The van der Waals surface area contributed by atoms with Crippen molar-refractivity contribution in [3.05, 3.63) is 76.8 Å². The van der Waals surface area contributed by atoms with Gasteiger partial charge < -0.3 is 10.6 Å². The fourth-order valence-electron chi connectivity index (χ4n) is 3.22. The molecule has 0 aliphatic rings. The zero-order valence-corrected chi connectivity index (χ0v) is 20.3. The monoisotopic (exact) mass is 498 g/mol. The van der Waals surface area contributed by atoms with Crippen LogP contribution in [0.25, 0.3) is 0 Å². The van der Waals surface area contributed by atoms with E-state index in [1.807, 2.05) is 29.6 Å². The molecule has 1 amide bonds. The van der Waals surface area contributed by atoms with Gasteiger partial charge in [-0.2, -0.15) is 0 Å². The molecule has 0 unspecified atom stereocenters. The van der Waals surface area contributed by atoms with Crippen molar-refractivity contribution in [1.82, 2.24) is 19.9 Å². The number of hydrogen-bond donors (Lipinski definition) is 1. The summed E-state index contributed by atoms with van der Waals surface area (Å²) in [5.41, 5.74) is 2.73. The predicted molar refractivity (Wildman–Crippen MR) is 131 cm³/mol. The van der Waals surface area contributed by atoms with Crippen LogP contribution in [0.1, 0.15) is 30.9 Å². The molecule has 0 aliphatic heterocycles. The topological polar surface area (TPSA) is 99.2 Å². The highest BCUT2D eigenvalue weighted by Gasteiger charge is 2.20. The van der Waals surface area contributed by atoms with Crippen LogP contribution in [-0.2, 0) is 23.6 Å². The summed E-state index contributed by atoms with van der Waals surface area (Å²) in [5.74, 6) is 7.14. The summed E-state index contributed by atoms with van der Waals surface area (Å²) in [6.07, 6.45) is 0.813. The first-order valence-corrected chi connectivity index (χ1v) is 12.4. The number of benzene rings is 2. The lowest BCUT2D eigenvalue weighted by Crippen LogP contribution is -2.23. The van der Waals surface area contributed by atoms with Crippen molar-refractivity contribution in [1.29, 1.82) is 0 Å². The van der Waals surface area contributed by atoms with E-state index in [0.29, 0.717) is 27.6 Å². The van der Waals surface area contributed by atoms with Crippen molar-refractivity contribution >= 4 is 39.8 Å². The summed E-state index contributed by atoms with van der Waals surface area (Å²) < 4.78 is 20.0. The van der Waals surface area contributed by atoms with Crippen molar-refractivity contribution in [2.45, 2.75) is 37.8 Å². The van der Waals surface area contributed by atoms with Gasteiger partial charge in [0, 0.05) is 18.1 Å². The Balaban J connectivity index is 1.41. The van der Waals surface area contributed by atoms with Crippen LogP contribution in [0.3, 0.4) is 0 Å². The number of nitrogen functional groups attached to an aromatic ring is 1. The highest BCUT2D eigenvalue weighted by Crippen LogP contribution is 2.33. The first kappa shape index (κ1) is 23.7. The molecule has 176 valence electrons. The van der Waals surface area contributed by atoms with E-state index in [2.05, 4.69) is 22.1 Å². The fraction of sp³-hybridized carbons (Fsp3) is 0.217. The van der Waals surface area contributed by atoms with Crippen molar-refractivity contribution in [3.8, 4) is 5.75 Å². The third kappa shape index (κ3) is 5.37. The quantitative estimate of drug-likeness (QED) is 0.264. The molecule has 0 spiro atoms. The van der Waals surface area contributed by atoms with E-state index in [1.165, 1.54) is 59.0 Å². The maximum absolute atomic E-state index is 13.0. The zero-order valence-electron chi connectivity index (χ0n) is 18.6. The molecule has 0 fully saturated rings. The van der Waals surface area contributed by atoms with Gasteiger partial charge in [0.15, 0.2) is 11.0 Å². The lowest BCUT2D eigenvalue weighted by Gasteiger charge is -2.20. The van der Waals surface area contributed by atoms with Gasteiger partial charge in [-0.25, -0.2) is 14.1 Å². The van der Waals surface area contributed by atoms with E-state index in [9.17, 15) is 9.18 Å². The number of thiazole rings is 1. The Labute approximate surface area is 204 Å². The number of aromatic nitrogens is 4. The minimum atomic E-state index is -0.334. The molecular formula is C23H23FN6O2S2. The van der Waals surface area contributed by atoms with Gasteiger partial charge >= 0.3 is 0 Å². The second-order valence-corrected chi connectivity index (χ2v) is 9.04. The molecule has 0 aliphatic carbocycles. The molecule has 11 heteroatoms. The number of aryl methyl sites for hydroxylation is 1. The van der Waals surface area contributed by atoms with Crippen LogP contribution in [-0.4, -0.2) is 25.8 Å². The number of hydrogen-bond acceptors (Lipinski definition) is 8. The Hall–Kier alpha value is -3.44. The van der Waals surface area contributed by atoms with Gasteiger partial charge in [-0.3, -0.25) is 9.69 Å². The third-order valence-corrected chi connectivity index (χ3v) is 6.78. The summed E-state index contributed by atoms with van der Waals surface area (Å²) in [6.45, 7) is 3.69. The summed E-state index contributed by atoms with van der Waals surface area (Å²) in [7, 11) is 0. The van der Waals surface area contributed by atoms with E-state index in [1.54, 1.807) is 4.90 Å². The highest BCUT2D eigenvalue weighted by molar-refractivity contribution is 7.98. The Bertz CT molecular complexity index is 1270. The van der Waals surface area contributed by atoms with Crippen molar-refractivity contribution in [2.24, 2.45) is 0 Å². The number of carbonyl (C=O) groups excluding carboxylic acids is 1. The van der Waals surface area contributed by atoms with Crippen molar-refractivity contribution in [2.75, 3.05) is 10.7 Å². The van der Waals surface area contributed by atoms with E-state index in [0.717, 1.165) is 23.4 Å². The summed E-state index contributed by atoms with van der Waals surface area (Å²) in [5, 5.41) is 11.2. The maximum atomic E-state index is 13.0. The van der Waals surface area contributed by atoms with E-state index >= 15 is 0 Å². The molecule has 0 saturated carbocycles. The number of carbonyl (C=O) groups is 1. The van der Waals surface area contributed by atoms with Crippen molar-refractivity contribution in [3.63, 3.8) is 0 Å². The Morgan fingerprint density at radius 2 is 1.97 bits per heavy atom. The van der Waals surface area contributed by atoms with Gasteiger partial charge in [0.2, 0.25) is 11.1 Å². The average molecular weight is 499 g/mol. The molecule has 0 atom stereocenters. The molecule has 4 aromatic rings. The molecule has 0 saturated heterocycles. The van der Waals surface area contributed by atoms with E-state index in [4.69, 9.17) is 10.6 Å². The lowest BCUT2D eigenvalue weighted by molar-refractivity contribution is -0.115. The molecule has 2 aromatic carbocycles. The van der Waals surface area contributed by atoms with Crippen LogP contribution in [0.5, 0.6) is 5.75 Å². The fourth-order valence-corrected chi connectivity index (χ4v) is 4.97.